The van der Waals surface area contributed by atoms with Crippen molar-refractivity contribution in [1.82, 2.24) is 20.6 Å². The molecule has 0 aliphatic heterocycles. The third kappa shape index (κ3) is 3.32. The molecular weight excluding hydrogens is 336 g/mol. The first-order valence-electron chi connectivity index (χ1n) is 5.94. The first kappa shape index (κ1) is 14.9. The first-order chi connectivity index (χ1) is 10.0. The summed E-state index contributed by atoms with van der Waals surface area (Å²) in [6.07, 6.45) is 1.44. The van der Waals surface area contributed by atoms with Gasteiger partial charge in [-0.2, -0.15) is 10.5 Å². The van der Waals surface area contributed by atoms with Crippen molar-refractivity contribution in [3.63, 3.8) is 0 Å². The van der Waals surface area contributed by atoms with Gasteiger partial charge in [0.15, 0.2) is 5.78 Å². The molecule has 1 heterocycles. The van der Waals surface area contributed by atoms with Gasteiger partial charge in [-0.15, -0.1) is 10.2 Å². The second-order valence-electron chi connectivity index (χ2n) is 4.25. The summed E-state index contributed by atoms with van der Waals surface area (Å²) in [4.78, 5) is 11.7. The van der Waals surface area contributed by atoms with E-state index in [1.54, 1.807) is 6.07 Å². The van der Waals surface area contributed by atoms with Crippen molar-refractivity contribution < 1.29 is 4.79 Å². The smallest absolute Gasteiger partial charge is 0.216 e. The Morgan fingerprint density at radius 2 is 2.29 bits per heavy atom. The van der Waals surface area contributed by atoms with Crippen LogP contribution in [-0.2, 0) is 0 Å². The lowest BCUT2D eigenvalue weighted by Crippen LogP contribution is -2.02. The SMILES string of the molecule is CC(=O)c1cc(Br)c(C)cc1NC=C(C#N)c1nn[nH]n1. The topological polar surface area (TPSA) is 107 Å². The fourth-order valence-electron chi connectivity index (χ4n) is 1.66. The standard InChI is InChI=1S/C13H11BrN6O/c1-7-3-12(10(8(2)21)4-11(7)14)16-6-9(5-15)13-17-19-20-18-13/h3-4,6,16H,1-2H3,(H,17,18,19,20). The van der Waals surface area contributed by atoms with Crippen LogP contribution in [0.1, 0.15) is 28.7 Å². The zero-order chi connectivity index (χ0) is 15.4. The molecule has 2 aromatic rings. The summed E-state index contributed by atoms with van der Waals surface area (Å²) < 4.78 is 0.848. The Kier molecular flexibility index (Phi) is 4.45. The first-order valence-corrected chi connectivity index (χ1v) is 6.74. The Morgan fingerprint density at radius 1 is 1.52 bits per heavy atom. The fourth-order valence-corrected chi connectivity index (χ4v) is 2.01. The van der Waals surface area contributed by atoms with Crippen molar-refractivity contribution in [3.05, 3.63) is 39.8 Å². The van der Waals surface area contributed by atoms with Crippen molar-refractivity contribution in [2.24, 2.45) is 0 Å². The number of nitrogens with one attached hydrogen (secondary N) is 2. The van der Waals surface area contributed by atoms with E-state index in [4.69, 9.17) is 5.26 Å². The van der Waals surface area contributed by atoms with Gasteiger partial charge in [0.2, 0.25) is 5.82 Å². The molecule has 0 atom stereocenters. The van der Waals surface area contributed by atoms with Crippen molar-refractivity contribution in [2.45, 2.75) is 13.8 Å². The minimum absolute atomic E-state index is 0.0790. The van der Waals surface area contributed by atoms with E-state index in [2.05, 4.69) is 41.9 Å². The number of carbonyl (C=O) groups is 1. The van der Waals surface area contributed by atoms with Crippen LogP contribution in [0.5, 0.6) is 0 Å². The fraction of sp³-hybridized carbons (Fsp3) is 0.154. The molecular formula is C13H11BrN6O. The number of aromatic nitrogens is 4. The molecule has 2 rings (SSSR count). The highest BCUT2D eigenvalue weighted by atomic mass is 79.9. The Labute approximate surface area is 129 Å². The summed E-state index contributed by atoms with van der Waals surface area (Å²) in [6, 6.07) is 5.54. The van der Waals surface area contributed by atoms with Crippen molar-refractivity contribution in [3.8, 4) is 6.07 Å². The summed E-state index contributed by atoms with van der Waals surface area (Å²) in [5.74, 6) is 0.105. The summed E-state index contributed by atoms with van der Waals surface area (Å²) in [5.41, 5.74) is 2.31. The predicted octanol–water partition coefficient (Wildman–Crippen LogP) is 2.45. The molecule has 8 heteroatoms. The summed E-state index contributed by atoms with van der Waals surface area (Å²) in [6.45, 7) is 3.39. The minimum Gasteiger partial charge on any atom is -0.360 e. The normalized spacial score (nSPS) is 11.0. The molecule has 1 aromatic carbocycles. The molecule has 0 aliphatic rings. The summed E-state index contributed by atoms with van der Waals surface area (Å²) in [5, 5.41) is 25.2. The van der Waals surface area contributed by atoms with Gasteiger partial charge in [0.05, 0.1) is 0 Å². The molecule has 0 amide bonds. The summed E-state index contributed by atoms with van der Waals surface area (Å²) in [7, 11) is 0. The van der Waals surface area contributed by atoms with Crippen LogP contribution < -0.4 is 5.32 Å². The number of benzene rings is 1. The molecule has 1 aromatic heterocycles. The lowest BCUT2D eigenvalue weighted by Gasteiger charge is -2.10. The maximum atomic E-state index is 11.7. The van der Waals surface area contributed by atoms with Gasteiger partial charge in [-0.05, 0) is 36.8 Å². The molecule has 7 nitrogen and oxygen atoms in total. The molecule has 0 radical (unpaired) electrons. The van der Waals surface area contributed by atoms with E-state index in [9.17, 15) is 4.79 Å². The molecule has 21 heavy (non-hydrogen) atoms. The Balaban J connectivity index is 2.38. The number of aromatic amines is 1. The number of H-pyrrole nitrogens is 1. The van der Waals surface area contributed by atoms with Gasteiger partial charge in [0.25, 0.3) is 0 Å². The number of allylic oxidation sites excluding steroid dienone is 1. The lowest BCUT2D eigenvalue weighted by atomic mass is 10.1. The van der Waals surface area contributed by atoms with E-state index in [0.717, 1.165) is 10.0 Å². The average Bonchev–Trinajstić information content (AvgIpc) is 2.96. The molecule has 0 fully saturated rings. The monoisotopic (exact) mass is 346 g/mol. The number of anilines is 1. The second-order valence-corrected chi connectivity index (χ2v) is 5.11. The number of Topliss-reactive ketones (excluding diaryl/α,β-unsaturated/α-hetero) is 1. The van der Waals surface area contributed by atoms with Crippen LogP contribution in [0.15, 0.2) is 22.8 Å². The number of tetrazole rings is 1. The van der Waals surface area contributed by atoms with Gasteiger partial charge in [-0.3, -0.25) is 4.79 Å². The highest BCUT2D eigenvalue weighted by Gasteiger charge is 2.11. The maximum absolute atomic E-state index is 11.7. The quantitative estimate of drug-likeness (QED) is 0.650. The Morgan fingerprint density at radius 3 is 2.86 bits per heavy atom. The van der Waals surface area contributed by atoms with Crippen molar-refractivity contribution >= 4 is 33.0 Å². The van der Waals surface area contributed by atoms with Gasteiger partial charge in [0.1, 0.15) is 11.6 Å². The van der Waals surface area contributed by atoms with Crippen LogP contribution in [0, 0.1) is 18.3 Å². The minimum atomic E-state index is -0.0790. The Bertz CT molecular complexity index is 745. The second kappa shape index (κ2) is 6.28. The maximum Gasteiger partial charge on any atom is 0.216 e. The third-order valence-electron chi connectivity index (χ3n) is 2.76. The van der Waals surface area contributed by atoms with Crippen LogP contribution in [0.2, 0.25) is 0 Å². The highest BCUT2D eigenvalue weighted by Crippen LogP contribution is 2.26. The largest absolute Gasteiger partial charge is 0.360 e. The number of hydrogen-bond donors (Lipinski definition) is 2. The van der Waals surface area contributed by atoms with Crippen LogP contribution in [0.3, 0.4) is 0 Å². The van der Waals surface area contributed by atoms with E-state index >= 15 is 0 Å². The Hall–Kier alpha value is -2.53. The van der Waals surface area contributed by atoms with E-state index in [1.165, 1.54) is 13.1 Å². The van der Waals surface area contributed by atoms with Gasteiger partial charge in [-0.25, -0.2) is 0 Å². The highest BCUT2D eigenvalue weighted by molar-refractivity contribution is 9.10. The zero-order valence-electron chi connectivity index (χ0n) is 11.3. The van der Waals surface area contributed by atoms with Crippen molar-refractivity contribution in [1.29, 1.82) is 5.26 Å². The molecule has 0 aliphatic carbocycles. The van der Waals surface area contributed by atoms with Crippen LogP contribution in [0.25, 0.3) is 5.57 Å². The van der Waals surface area contributed by atoms with Crippen LogP contribution in [-0.4, -0.2) is 26.4 Å². The van der Waals surface area contributed by atoms with Crippen LogP contribution >= 0.6 is 15.9 Å². The number of nitrogens with zero attached hydrogens (tertiary/aromatic N) is 4. The molecule has 0 spiro atoms. The van der Waals surface area contributed by atoms with Gasteiger partial charge in [0, 0.05) is 21.9 Å². The molecule has 2 N–H and O–H groups in total. The van der Waals surface area contributed by atoms with Gasteiger partial charge in [-0.1, -0.05) is 15.9 Å². The molecule has 0 saturated heterocycles. The van der Waals surface area contributed by atoms with E-state index in [1.807, 2.05) is 19.1 Å². The predicted molar refractivity (Wildman–Crippen MR) is 80.3 cm³/mol. The van der Waals surface area contributed by atoms with Crippen LogP contribution in [0.4, 0.5) is 5.69 Å². The summed E-state index contributed by atoms with van der Waals surface area (Å²) >= 11 is 3.39. The number of aryl methyl sites for hydroxylation is 1. The number of ketones is 1. The van der Waals surface area contributed by atoms with E-state index in [0.29, 0.717) is 11.3 Å². The number of rotatable bonds is 4. The zero-order valence-corrected chi connectivity index (χ0v) is 12.9. The number of carbonyl (C=O) groups excluding carboxylic acids is 1. The number of nitriles is 1. The average molecular weight is 347 g/mol. The van der Waals surface area contributed by atoms with Gasteiger partial charge < -0.3 is 5.32 Å². The number of halogens is 1. The van der Waals surface area contributed by atoms with E-state index in [-0.39, 0.29) is 17.2 Å². The molecule has 0 saturated carbocycles. The number of hydrogen-bond acceptors (Lipinski definition) is 6. The molecule has 106 valence electrons. The molecule has 0 unspecified atom stereocenters. The van der Waals surface area contributed by atoms with Gasteiger partial charge >= 0.3 is 0 Å². The lowest BCUT2D eigenvalue weighted by molar-refractivity contribution is 0.101. The third-order valence-corrected chi connectivity index (χ3v) is 3.61. The molecule has 0 bridgehead atoms. The van der Waals surface area contributed by atoms with Crippen molar-refractivity contribution in [2.75, 3.05) is 5.32 Å². The van der Waals surface area contributed by atoms with E-state index < -0.39 is 0 Å².